The number of carbonyl (C=O) groups is 2. The van der Waals surface area contributed by atoms with Gasteiger partial charge in [-0.3, -0.25) is 9.59 Å². The van der Waals surface area contributed by atoms with Crippen molar-refractivity contribution in [2.24, 2.45) is 39.9 Å². The number of fused-ring (bicyclic) bond motifs is 7. The molecule has 8 atom stereocenters. The highest BCUT2D eigenvalue weighted by Crippen LogP contribution is 2.73. The molecule has 3 saturated carbocycles. The molecular weight excluding hydrogens is 372 g/mol. The maximum absolute atomic E-state index is 13.2. The molecule has 0 saturated heterocycles. The van der Waals surface area contributed by atoms with Crippen molar-refractivity contribution in [1.82, 2.24) is 0 Å². The Kier molecular flexibility index (Phi) is 4.66. The van der Waals surface area contributed by atoms with Crippen LogP contribution < -0.4 is 0 Å². The van der Waals surface area contributed by atoms with Crippen LogP contribution in [-0.2, 0) is 14.3 Å². The zero-order valence-electron chi connectivity index (χ0n) is 19.2. The lowest BCUT2D eigenvalue weighted by Crippen LogP contribution is -2.55. The first kappa shape index (κ1) is 20.5. The van der Waals surface area contributed by atoms with E-state index in [0.29, 0.717) is 29.5 Å². The topological polar surface area (TPSA) is 43.4 Å². The largest absolute Gasteiger partial charge is 0.462 e. The Morgan fingerprint density at radius 3 is 2.57 bits per heavy atom. The van der Waals surface area contributed by atoms with Gasteiger partial charge >= 0.3 is 5.97 Å². The molecule has 0 aromatic carbocycles. The highest BCUT2D eigenvalue weighted by molar-refractivity contribution is 5.85. The number of rotatable bonds is 2. The summed E-state index contributed by atoms with van der Waals surface area (Å²) in [5.74, 6) is 2.90. The van der Waals surface area contributed by atoms with Crippen LogP contribution in [0.2, 0.25) is 0 Å². The molecule has 5 rings (SSSR count). The number of allylic oxidation sites excluding steroid dienone is 3. The summed E-state index contributed by atoms with van der Waals surface area (Å²) in [6.45, 7) is 8.38. The van der Waals surface area contributed by atoms with E-state index in [1.807, 2.05) is 6.92 Å². The smallest absolute Gasteiger partial charge is 0.302 e. The minimum atomic E-state index is -0.150. The molecule has 3 heteroatoms. The Balaban J connectivity index is 1.47. The highest BCUT2D eigenvalue weighted by atomic mass is 16.5. The van der Waals surface area contributed by atoms with Crippen LogP contribution in [0.4, 0.5) is 0 Å². The quantitative estimate of drug-likeness (QED) is 0.412. The average Bonchev–Trinajstić information content (AvgIpc) is 2.98. The molecule has 3 fully saturated rings. The van der Waals surface area contributed by atoms with Gasteiger partial charge in [-0.2, -0.15) is 0 Å². The second kappa shape index (κ2) is 6.81. The predicted octanol–water partition coefficient (Wildman–Crippen LogP) is 6.03. The molecule has 0 spiro atoms. The van der Waals surface area contributed by atoms with Crippen LogP contribution in [0.3, 0.4) is 0 Å². The predicted molar refractivity (Wildman–Crippen MR) is 118 cm³/mol. The Bertz CT molecular complexity index is 824. The third kappa shape index (κ3) is 2.56. The van der Waals surface area contributed by atoms with E-state index >= 15 is 0 Å². The SMILES string of the molecule is CC(=O)OC1CC[C@@]2(C)C(=CCC3C2CC[C@@]2(C)C3C[C@H]3CC=CC[C@]32C(C)=O)C1. The van der Waals surface area contributed by atoms with Gasteiger partial charge in [0, 0.05) is 18.8 Å². The van der Waals surface area contributed by atoms with E-state index in [2.05, 4.69) is 32.1 Å². The first-order chi connectivity index (χ1) is 14.2. The summed E-state index contributed by atoms with van der Waals surface area (Å²) in [6, 6.07) is 0. The van der Waals surface area contributed by atoms with Crippen molar-refractivity contribution in [3.63, 3.8) is 0 Å². The highest BCUT2D eigenvalue weighted by Gasteiger charge is 2.68. The Labute approximate surface area is 181 Å². The molecule has 0 N–H and O–H groups in total. The number of hydrogen-bond acceptors (Lipinski definition) is 3. The zero-order valence-corrected chi connectivity index (χ0v) is 19.2. The van der Waals surface area contributed by atoms with Crippen molar-refractivity contribution in [2.45, 2.75) is 91.6 Å². The lowest BCUT2D eigenvalue weighted by Gasteiger charge is -2.60. The Morgan fingerprint density at radius 1 is 1.03 bits per heavy atom. The van der Waals surface area contributed by atoms with Crippen LogP contribution in [-0.4, -0.2) is 17.9 Å². The maximum atomic E-state index is 13.2. The van der Waals surface area contributed by atoms with Gasteiger partial charge in [-0.15, -0.1) is 0 Å². The molecule has 3 nitrogen and oxygen atoms in total. The monoisotopic (exact) mass is 410 g/mol. The fraction of sp³-hybridized carbons (Fsp3) is 0.778. The van der Waals surface area contributed by atoms with Crippen LogP contribution in [0, 0.1) is 39.9 Å². The van der Waals surface area contributed by atoms with E-state index < -0.39 is 0 Å². The van der Waals surface area contributed by atoms with Gasteiger partial charge in [-0.05, 0) is 92.8 Å². The van der Waals surface area contributed by atoms with Crippen molar-refractivity contribution in [1.29, 1.82) is 0 Å². The summed E-state index contributed by atoms with van der Waals surface area (Å²) in [4.78, 5) is 24.6. The first-order valence-corrected chi connectivity index (χ1v) is 12.2. The molecule has 0 aliphatic heterocycles. The van der Waals surface area contributed by atoms with Gasteiger partial charge < -0.3 is 4.74 Å². The fourth-order valence-corrected chi connectivity index (χ4v) is 9.31. The number of carbonyl (C=O) groups excluding carboxylic acids is 2. The van der Waals surface area contributed by atoms with Gasteiger partial charge in [0.05, 0.1) is 0 Å². The van der Waals surface area contributed by atoms with Gasteiger partial charge in [-0.25, -0.2) is 0 Å². The molecular formula is C27H38O3. The van der Waals surface area contributed by atoms with Crippen LogP contribution in [0.5, 0.6) is 0 Å². The first-order valence-electron chi connectivity index (χ1n) is 12.2. The second-order valence-corrected chi connectivity index (χ2v) is 11.6. The molecule has 0 heterocycles. The minimum Gasteiger partial charge on any atom is -0.462 e. The van der Waals surface area contributed by atoms with E-state index in [4.69, 9.17) is 4.74 Å². The molecule has 0 amide bonds. The summed E-state index contributed by atoms with van der Waals surface area (Å²) in [5, 5.41) is 0. The number of esters is 1. The van der Waals surface area contributed by atoms with E-state index in [-0.39, 0.29) is 28.3 Å². The van der Waals surface area contributed by atoms with Crippen molar-refractivity contribution in [2.75, 3.05) is 0 Å². The van der Waals surface area contributed by atoms with Crippen molar-refractivity contribution < 1.29 is 14.3 Å². The van der Waals surface area contributed by atoms with Crippen LogP contribution in [0.25, 0.3) is 0 Å². The summed E-state index contributed by atoms with van der Waals surface area (Å²) in [7, 11) is 0. The van der Waals surface area contributed by atoms with E-state index in [0.717, 1.165) is 38.5 Å². The third-order valence-electron chi connectivity index (χ3n) is 10.7. The zero-order chi connectivity index (χ0) is 21.3. The van der Waals surface area contributed by atoms with Gasteiger partial charge in [-0.1, -0.05) is 37.6 Å². The number of Topliss-reactive ketones (excluding diaryl/α,β-unsaturated/α-hetero) is 1. The standard InChI is InChI=1S/C27H38O3/c1-17(28)27-12-6-5-7-20(27)16-24-22-9-8-19-15-21(30-18(2)29)10-13-25(19,3)23(22)11-14-26(24,27)4/h5-6,8,20-24H,7,9-16H2,1-4H3/t20-,21?,22?,23?,24?,25+,26+,27+/m1/s1. The molecule has 4 unspecified atom stereocenters. The van der Waals surface area contributed by atoms with Crippen LogP contribution >= 0.6 is 0 Å². The molecule has 5 aliphatic carbocycles. The van der Waals surface area contributed by atoms with Gasteiger partial charge in [0.1, 0.15) is 11.9 Å². The maximum Gasteiger partial charge on any atom is 0.302 e. The average molecular weight is 411 g/mol. The van der Waals surface area contributed by atoms with E-state index in [9.17, 15) is 9.59 Å². The summed E-state index contributed by atoms with van der Waals surface area (Å²) in [6.07, 6.45) is 17.1. The van der Waals surface area contributed by atoms with Crippen molar-refractivity contribution >= 4 is 11.8 Å². The summed E-state index contributed by atoms with van der Waals surface area (Å²) >= 11 is 0. The van der Waals surface area contributed by atoms with E-state index in [1.54, 1.807) is 5.57 Å². The Morgan fingerprint density at radius 2 is 1.83 bits per heavy atom. The lowest BCUT2D eigenvalue weighted by atomic mass is 9.44. The minimum absolute atomic E-state index is 0.0636. The van der Waals surface area contributed by atoms with Crippen molar-refractivity contribution in [3.05, 3.63) is 23.8 Å². The molecule has 5 aliphatic rings. The number of hydrogen-bond donors (Lipinski definition) is 0. The third-order valence-corrected chi connectivity index (χ3v) is 10.7. The normalized spacial score (nSPS) is 49.2. The van der Waals surface area contributed by atoms with Gasteiger partial charge in [0.25, 0.3) is 0 Å². The molecule has 0 aromatic rings. The lowest BCUT2D eigenvalue weighted by molar-refractivity contribution is -0.150. The Hall–Kier alpha value is -1.38. The molecule has 164 valence electrons. The summed E-state index contributed by atoms with van der Waals surface area (Å²) in [5.41, 5.74) is 1.81. The van der Waals surface area contributed by atoms with Crippen LogP contribution in [0.15, 0.2) is 23.8 Å². The molecule has 0 radical (unpaired) electrons. The van der Waals surface area contributed by atoms with E-state index in [1.165, 1.54) is 26.2 Å². The fourth-order valence-electron chi connectivity index (χ4n) is 9.31. The van der Waals surface area contributed by atoms with Crippen molar-refractivity contribution in [3.8, 4) is 0 Å². The number of ether oxygens (including phenoxy) is 1. The second-order valence-electron chi connectivity index (χ2n) is 11.6. The summed E-state index contributed by atoms with van der Waals surface area (Å²) < 4.78 is 5.59. The number of ketones is 1. The molecule has 0 bridgehead atoms. The molecule has 30 heavy (non-hydrogen) atoms. The van der Waals surface area contributed by atoms with Crippen LogP contribution in [0.1, 0.15) is 85.5 Å². The molecule has 0 aromatic heterocycles. The van der Waals surface area contributed by atoms with Gasteiger partial charge in [0.15, 0.2) is 0 Å². The van der Waals surface area contributed by atoms with Gasteiger partial charge in [0.2, 0.25) is 0 Å².